The second-order valence-corrected chi connectivity index (χ2v) is 13.0. The van der Waals surface area contributed by atoms with Gasteiger partial charge in [-0.15, -0.1) is 0 Å². The maximum absolute atomic E-state index is 9.21. The van der Waals surface area contributed by atoms with Gasteiger partial charge in [0.2, 0.25) is 5.69 Å². The Bertz CT molecular complexity index is 3100. The molecular weight excluding hydrogens is 649 g/mol. The van der Waals surface area contributed by atoms with Crippen molar-refractivity contribution in [3.8, 4) is 34.2 Å². The second-order valence-electron chi connectivity index (χ2n) is 13.0. The summed E-state index contributed by atoms with van der Waals surface area (Å²) in [7, 11) is 0. The van der Waals surface area contributed by atoms with Gasteiger partial charge in [0.05, 0.1) is 37.1 Å². The van der Waals surface area contributed by atoms with E-state index in [1.54, 1.807) is 6.07 Å². The van der Waals surface area contributed by atoms with E-state index in [-0.39, 0.29) is 6.42 Å². The minimum Gasteiger partial charge on any atom is -0.319 e. The predicted octanol–water partition coefficient (Wildman–Crippen LogP) is 11.5. The molecular formula is C47H30N6. The molecule has 0 radical (unpaired) electrons. The van der Waals surface area contributed by atoms with Gasteiger partial charge in [-0.25, -0.2) is 19.8 Å². The molecule has 0 fully saturated rings. The Balaban J connectivity index is 1.29. The highest BCUT2D eigenvalue weighted by Gasteiger charge is 2.22. The SMILES string of the molecule is [2H]c1cccc2c3ccccc3n(-c3cc(-n4c5ccccc5c5cccc([2H])c54)c([N+]#[C-])cc3Cc3nc(-c4ccccc4)nc(-c4ccccc4)n3)c12. The second kappa shape index (κ2) is 12.4. The first-order valence-electron chi connectivity index (χ1n) is 18.5. The van der Waals surface area contributed by atoms with Crippen LogP contribution in [-0.4, -0.2) is 24.1 Å². The molecule has 0 aliphatic carbocycles. The molecule has 0 atom stereocenters. The van der Waals surface area contributed by atoms with Gasteiger partial charge in [0.25, 0.3) is 0 Å². The van der Waals surface area contributed by atoms with Gasteiger partial charge in [-0.2, -0.15) is 0 Å². The summed E-state index contributed by atoms with van der Waals surface area (Å²) in [6.45, 7) is 8.55. The van der Waals surface area contributed by atoms with E-state index in [4.69, 9.17) is 22.9 Å². The summed E-state index contributed by atoms with van der Waals surface area (Å²) in [5, 5.41) is 3.94. The predicted molar refractivity (Wildman–Crippen MR) is 215 cm³/mol. The van der Waals surface area contributed by atoms with Gasteiger partial charge in [0, 0.05) is 44.8 Å². The number of hydrogen-bond donors (Lipinski definition) is 0. The van der Waals surface area contributed by atoms with E-state index >= 15 is 0 Å². The summed E-state index contributed by atoms with van der Waals surface area (Å²) >= 11 is 0. The van der Waals surface area contributed by atoms with E-state index in [2.05, 4.69) is 39.7 Å². The Morgan fingerprint density at radius 3 is 1.47 bits per heavy atom. The van der Waals surface area contributed by atoms with E-state index < -0.39 is 0 Å². The molecule has 0 saturated heterocycles. The lowest BCUT2D eigenvalue weighted by molar-refractivity contribution is 0.924. The summed E-state index contributed by atoms with van der Waals surface area (Å²) in [6, 6.07) is 52.3. The summed E-state index contributed by atoms with van der Waals surface area (Å²) < 4.78 is 22.5. The number of fused-ring (bicyclic) bond motifs is 6. The maximum Gasteiger partial charge on any atom is 0.211 e. The van der Waals surface area contributed by atoms with Gasteiger partial charge in [-0.1, -0.05) is 133 Å². The monoisotopic (exact) mass is 680 g/mol. The lowest BCUT2D eigenvalue weighted by Gasteiger charge is -2.19. The van der Waals surface area contributed by atoms with E-state index in [9.17, 15) is 1.37 Å². The van der Waals surface area contributed by atoms with Gasteiger partial charge < -0.3 is 9.13 Å². The Morgan fingerprint density at radius 1 is 0.491 bits per heavy atom. The number of rotatable bonds is 6. The molecule has 6 nitrogen and oxygen atoms in total. The fraction of sp³-hybridized carbons (Fsp3) is 0.0213. The molecule has 7 aromatic carbocycles. The summed E-state index contributed by atoms with van der Waals surface area (Å²) in [4.78, 5) is 19.1. The fourth-order valence-corrected chi connectivity index (χ4v) is 7.52. The molecule has 0 bridgehead atoms. The van der Waals surface area contributed by atoms with Crippen LogP contribution in [0.15, 0.2) is 170 Å². The molecule has 53 heavy (non-hydrogen) atoms. The Labute approximate surface area is 308 Å². The Morgan fingerprint density at radius 2 is 0.943 bits per heavy atom. The van der Waals surface area contributed by atoms with Crippen LogP contribution >= 0.6 is 0 Å². The van der Waals surface area contributed by atoms with E-state index in [1.165, 1.54) is 0 Å². The summed E-state index contributed by atoms with van der Waals surface area (Å²) in [5.74, 6) is 1.67. The molecule has 0 N–H and O–H groups in total. The van der Waals surface area contributed by atoms with Crippen molar-refractivity contribution in [3.05, 3.63) is 193 Å². The molecule has 0 unspecified atom stereocenters. The van der Waals surface area contributed by atoms with Gasteiger partial charge in [0.15, 0.2) is 11.6 Å². The lowest BCUT2D eigenvalue weighted by Crippen LogP contribution is -2.08. The van der Waals surface area contributed by atoms with Crippen LogP contribution in [0.4, 0.5) is 5.69 Å². The van der Waals surface area contributed by atoms with Crippen molar-refractivity contribution >= 4 is 49.3 Å². The zero-order chi connectivity index (χ0) is 37.0. The highest BCUT2D eigenvalue weighted by atomic mass is 15.0. The smallest absolute Gasteiger partial charge is 0.211 e. The normalized spacial score (nSPS) is 12.0. The number of hydrogen-bond acceptors (Lipinski definition) is 3. The quantitative estimate of drug-likeness (QED) is 0.164. The molecule has 0 aliphatic rings. The number of nitrogens with zero attached hydrogens (tertiary/aromatic N) is 6. The van der Waals surface area contributed by atoms with Crippen molar-refractivity contribution in [2.75, 3.05) is 0 Å². The van der Waals surface area contributed by atoms with Gasteiger partial charge in [-0.3, -0.25) is 0 Å². The largest absolute Gasteiger partial charge is 0.319 e. The summed E-state index contributed by atoms with van der Waals surface area (Å²) in [6.07, 6.45) is 0.283. The van der Waals surface area contributed by atoms with Crippen LogP contribution in [-0.2, 0) is 6.42 Å². The lowest BCUT2D eigenvalue weighted by atomic mass is 10.0. The molecule has 0 saturated carbocycles. The zero-order valence-electron chi connectivity index (χ0n) is 30.4. The average molecular weight is 681 g/mol. The minimum absolute atomic E-state index is 0.283. The van der Waals surface area contributed by atoms with Crippen molar-refractivity contribution < 1.29 is 2.74 Å². The molecule has 6 heteroatoms. The minimum atomic E-state index is 0.283. The number of aromatic nitrogens is 5. The zero-order valence-corrected chi connectivity index (χ0v) is 28.4. The van der Waals surface area contributed by atoms with Gasteiger partial charge >= 0.3 is 0 Å². The summed E-state index contributed by atoms with van der Waals surface area (Å²) in [5.41, 5.74) is 7.78. The highest BCUT2D eigenvalue weighted by molar-refractivity contribution is 6.11. The fourth-order valence-electron chi connectivity index (χ4n) is 7.52. The first kappa shape index (κ1) is 28.3. The van der Waals surface area contributed by atoms with E-state index in [1.807, 2.05) is 126 Å². The van der Waals surface area contributed by atoms with Crippen LogP contribution in [0.25, 0.3) is 82.6 Å². The van der Waals surface area contributed by atoms with E-state index in [0.717, 1.165) is 66.0 Å². The van der Waals surface area contributed by atoms with Crippen LogP contribution < -0.4 is 0 Å². The van der Waals surface area contributed by atoms with Crippen LogP contribution in [0, 0.1) is 6.57 Å². The third kappa shape index (κ3) is 5.06. The van der Waals surface area contributed by atoms with Crippen LogP contribution in [0.3, 0.4) is 0 Å². The first-order valence-corrected chi connectivity index (χ1v) is 17.5. The molecule has 10 rings (SSSR count). The molecule has 0 spiro atoms. The van der Waals surface area contributed by atoms with Crippen molar-refractivity contribution in [2.45, 2.75) is 6.42 Å². The van der Waals surface area contributed by atoms with Crippen LogP contribution in [0.1, 0.15) is 14.1 Å². The van der Waals surface area contributed by atoms with Crippen molar-refractivity contribution in [3.63, 3.8) is 0 Å². The molecule has 0 amide bonds. The molecule has 10 aromatic rings. The van der Waals surface area contributed by atoms with Crippen molar-refractivity contribution in [1.29, 1.82) is 0 Å². The number of para-hydroxylation sites is 4. The molecule has 0 aliphatic heterocycles. The first-order chi connectivity index (χ1) is 27.1. The average Bonchev–Trinajstić information content (AvgIpc) is 3.76. The van der Waals surface area contributed by atoms with Crippen molar-refractivity contribution in [1.82, 2.24) is 24.1 Å². The van der Waals surface area contributed by atoms with Crippen LogP contribution in [0.2, 0.25) is 0 Å². The van der Waals surface area contributed by atoms with Crippen LogP contribution in [0.5, 0.6) is 0 Å². The third-order valence-electron chi connectivity index (χ3n) is 9.86. The third-order valence-corrected chi connectivity index (χ3v) is 9.86. The molecule has 3 aromatic heterocycles. The van der Waals surface area contributed by atoms with Gasteiger partial charge in [0.1, 0.15) is 5.82 Å². The van der Waals surface area contributed by atoms with E-state index in [0.29, 0.717) is 40.9 Å². The van der Waals surface area contributed by atoms with Gasteiger partial charge in [-0.05, 0) is 41.9 Å². The standard InChI is InChI=1S/C47H30N6/c1-48-38-28-33(29-45-49-46(31-16-4-2-5-17-31)51-47(50-45)32-18-6-3-7-19-32)43(52-39-24-12-8-20-34(39)35-21-9-13-25-40(35)52)30-44(38)53-41-26-14-10-22-36(41)37-23-11-15-27-42(37)53/h2-28,30H,29H2/i24D,26D. The molecule has 3 heterocycles. The number of benzene rings is 7. The topological polar surface area (TPSA) is 52.9 Å². The Hall–Kier alpha value is -7.36. The van der Waals surface area contributed by atoms with Crippen molar-refractivity contribution in [2.24, 2.45) is 0 Å². The molecule has 248 valence electrons. The highest BCUT2D eigenvalue weighted by Crippen LogP contribution is 2.40. The maximum atomic E-state index is 9.21. The Kier molecular flexibility index (Phi) is 6.66.